The highest BCUT2D eigenvalue weighted by atomic mass is 16.1. The second-order valence-corrected chi connectivity index (χ2v) is 3.22. The molecular formula is C10H17N5O. The summed E-state index contributed by atoms with van der Waals surface area (Å²) >= 11 is 0. The fourth-order valence-electron chi connectivity index (χ4n) is 1.11. The van der Waals surface area contributed by atoms with E-state index in [-0.39, 0.29) is 5.91 Å². The molecule has 0 saturated heterocycles. The Balaban J connectivity index is 2.06. The molecule has 6 nitrogen and oxygen atoms in total. The van der Waals surface area contributed by atoms with Gasteiger partial charge in [0.25, 0.3) is 0 Å². The molecule has 0 aliphatic rings. The van der Waals surface area contributed by atoms with Crippen LogP contribution >= 0.6 is 0 Å². The second kappa shape index (κ2) is 7.58. The third-order valence-corrected chi connectivity index (χ3v) is 1.92. The second-order valence-electron chi connectivity index (χ2n) is 3.22. The van der Waals surface area contributed by atoms with Gasteiger partial charge < -0.3 is 16.0 Å². The number of amides is 1. The molecule has 88 valence electrons. The molecule has 0 aliphatic carbocycles. The minimum atomic E-state index is 0.0512. The van der Waals surface area contributed by atoms with Gasteiger partial charge in [0.15, 0.2) is 0 Å². The molecule has 0 spiro atoms. The minimum absolute atomic E-state index is 0.0512. The maximum Gasteiger partial charge on any atom is 0.221 e. The van der Waals surface area contributed by atoms with Crippen molar-refractivity contribution in [2.24, 2.45) is 0 Å². The molecule has 1 heterocycles. The van der Waals surface area contributed by atoms with Gasteiger partial charge in [0.1, 0.15) is 5.82 Å². The highest BCUT2D eigenvalue weighted by molar-refractivity contribution is 5.76. The van der Waals surface area contributed by atoms with Gasteiger partial charge in [-0.2, -0.15) is 0 Å². The SMILES string of the molecule is CNCCC(=O)NCCNc1cnccn1. The molecule has 1 rings (SSSR count). The Kier molecular flexibility index (Phi) is 5.87. The van der Waals surface area contributed by atoms with E-state index in [1.54, 1.807) is 18.6 Å². The van der Waals surface area contributed by atoms with Crippen molar-refractivity contribution < 1.29 is 4.79 Å². The van der Waals surface area contributed by atoms with Gasteiger partial charge in [-0.05, 0) is 7.05 Å². The summed E-state index contributed by atoms with van der Waals surface area (Å²) in [6.07, 6.45) is 5.38. The van der Waals surface area contributed by atoms with Crippen LogP contribution in [-0.2, 0) is 4.79 Å². The summed E-state index contributed by atoms with van der Waals surface area (Å²) in [7, 11) is 1.82. The first kappa shape index (κ1) is 12.4. The molecule has 16 heavy (non-hydrogen) atoms. The number of carbonyl (C=O) groups excluding carboxylic acids is 1. The highest BCUT2D eigenvalue weighted by Gasteiger charge is 1.98. The highest BCUT2D eigenvalue weighted by Crippen LogP contribution is 1.94. The van der Waals surface area contributed by atoms with Crippen molar-refractivity contribution in [2.75, 3.05) is 32.0 Å². The van der Waals surface area contributed by atoms with Crippen LogP contribution in [0.2, 0.25) is 0 Å². The van der Waals surface area contributed by atoms with Crippen molar-refractivity contribution in [2.45, 2.75) is 6.42 Å². The topological polar surface area (TPSA) is 78.9 Å². The Morgan fingerprint density at radius 1 is 1.31 bits per heavy atom. The zero-order valence-corrected chi connectivity index (χ0v) is 9.36. The van der Waals surface area contributed by atoms with Crippen molar-refractivity contribution in [3.63, 3.8) is 0 Å². The maximum atomic E-state index is 11.2. The predicted molar refractivity (Wildman–Crippen MR) is 62.1 cm³/mol. The largest absolute Gasteiger partial charge is 0.367 e. The summed E-state index contributed by atoms with van der Waals surface area (Å²) in [6.45, 7) is 1.92. The average molecular weight is 223 g/mol. The van der Waals surface area contributed by atoms with Gasteiger partial charge in [0.05, 0.1) is 6.20 Å². The Morgan fingerprint density at radius 3 is 2.88 bits per heavy atom. The standard InChI is InChI=1S/C10H17N5O/c1-11-3-2-10(16)15-7-6-14-9-8-12-4-5-13-9/h4-5,8,11H,2-3,6-7H2,1H3,(H,13,14)(H,15,16). The zero-order chi connectivity index (χ0) is 11.6. The molecule has 0 atom stereocenters. The number of nitrogens with zero attached hydrogens (tertiary/aromatic N) is 2. The number of anilines is 1. The number of hydrogen-bond donors (Lipinski definition) is 3. The van der Waals surface area contributed by atoms with Crippen LogP contribution in [0.25, 0.3) is 0 Å². The average Bonchev–Trinajstić information content (AvgIpc) is 2.33. The predicted octanol–water partition coefficient (Wildman–Crippen LogP) is -0.386. The summed E-state index contributed by atoms with van der Waals surface area (Å²) in [5, 5.41) is 8.77. The van der Waals surface area contributed by atoms with Crippen LogP contribution < -0.4 is 16.0 Å². The smallest absolute Gasteiger partial charge is 0.221 e. The van der Waals surface area contributed by atoms with Crippen molar-refractivity contribution >= 4 is 11.7 Å². The molecule has 1 amide bonds. The lowest BCUT2D eigenvalue weighted by atomic mass is 10.4. The van der Waals surface area contributed by atoms with Crippen LogP contribution in [-0.4, -0.2) is 42.6 Å². The van der Waals surface area contributed by atoms with Crippen molar-refractivity contribution in [3.8, 4) is 0 Å². The van der Waals surface area contributed by atoms with Gasteiger partial charge in [0.2, 0.25) is 5.91 Å². The van der Waals surface area contributed by atoms with E-state index in [0.717, 1.165) is 0 Å². The molecule has 1 aromatic heterocycles. The zero-order valence-electron chi connectivity index (χ0n) is 9.36. The molecular weight excluding hydrogens is 206 g/mol. The molecule has 0 aromatic carbocycles. The van der Waals surface area contributed by atoms with Crippen molar-refractivity contribution in [1.29, 1.82) is 0 Å². The lowest BCUT2D eigenvalue weighted by molar-refractivity contribution is -0.120. The maximum absolute atomic E-state index is 11.2. The van der Waals surface area contributed by atoms with Crippen LogP contribution in [0, 0.1) is 0 Å². The van der Waals surface area contributed by atoms with Crippen molar-refractivity contribution in [3.05, 3.63) is 18.6 Å². The van der Waals surface area contributed by atoms with Gasteiger partial charge in [-0.3, -0.25) is 9.78 Å². The number of nitrogens with one attached hydrogen (secondary N) is 3. The van der Waals surface area contributed by atoms with E-state index in [9.17, 15) is 4.79 Å². The van der Waals surface area contributed by atoms with Gasteiger partial charge in [0, 0.05) is 38.4 Å². The lowest BCUT2D eigenvalue weighted by Crippen LogP contribution is -2.30. The van der Waals surface area contributed by atoms with E-state index in [4.69, 9.17) is 0 Å². The Hall–Kier alpha value is -1.69. The molecule has 3 N–H and O–H groups in total. The molecule has 0 saturated carbocycles. The van der Waals surface area contributed by atoms with Crippen LogP contribution in [0.1, 0.15) is 6.42 Å². The van der Waals surface area contributed by atoms with E-state index >= 15 is 0 Å². The molecule has 0 bridgehead atoms. The van der Waals surface area contributed by atoms with Crippen LogP contribution in [0.4, 0.5) is 5.82 Å². The summed E-state index contributed by atoms with van der Waals surface area (Å²) in [4.78, 5) is 19.2. The summed E-state index contributed by atoms with van der Waals surface area (Å²) < 4.78 is 0. The number of hydrogen-bond acceptors (Lipinski definition) is 5. The molecule has 0 unspecified atom stereocenters. The van der Waals surface area contributed by atoms with Crippen LogP contribution in [0.3, 0.4) is 0 Å². The van der Waals surface area contributed by atoms with E-state index in [1.807, 2.05) is 7.05 Å². The van der Waals surface area contributed by atoms with E-state index in [2.05, 4.69) is 25.9 Å². The van der Waals surface area contributed by atoms with E-state index < -0.39 is 0 Å². The number of carbonyl (C=O) groups is 1. The molecule has 1 aromatic rings. The summed E-state index contributed by atoms with van der Waals surface area (Å²) in [5.41, 5.74) is 0. The molecule has 0 aliphatic heterocycles. The van der Waals surface area contributed by atoms with Gasteiger partial charge >= 0.3 is 0 Å². The summed E-state index contributed by atoms with van der Waals surface area (Å²) in [6, 6.07) is 0. The fourth-order valence-corrected chi connectivity index (χ4v) is 1.11. The van der Waals surface area contributed by atoms with Crippen LogP contribution in [0.15, 0.2) is 18.6 Å². The first-order chi connectivity index (χ1) is 7.83. The Labute approximate surface area is 94.9 Å². The van der Waals surface area contributed by atoms with Gasteiger partial charge in [-0.1, -0.05) is 0 Å². The molecule has 0 radical (unpaired) electrons. The minimum Gasteiger partial charge on any atom is -0.367 e. The Morgan fingerprint density at radius 2 is 2.19 bits per heavy atom. The number of rotatable bonds is 7. The summed E-state index contributed by atoms with van der Waals surface area (Å²) in [5.74, 6) is 0.766. The first-order valence-electron chi connectivity index (χ1n) is 5.24. The van der Waals surface area contributed by atoms with Crippen LogP contribution in [0.5, 0.6) is 0 Å². The van der Waals surface area contributed by atoms with E-state index in [1.165, 1.54) is 0 Å². The third-order valence-electron chi connectivity index (χ3n) is 1.92. The first-order valence-corrected chi connectivity index (χ1v) is 5.24. The number of aromatic nitrogens is 2. The fraction of sp³-hybridized carbons (Fsp3) is 0.500. The monoisotopic (exact) mass is 223 g/mol. The molecule has 6 heteroatoms. The van der Waals surface area contributed by atoms with Gasteiger partial charge in [-0.25, -0.2) is 4.98 Å². The quantitative estimate of drug-likeness (QED) is 0.549. The van der Waals surface area contributed by atoms with Crippen molar-refractivity contribution in [1.82, 2.24) is 20.6 Å². The third kappa shape index (κ3) is 5.26. The molecule has 0 fully saturated rings. The lowest BCUT2D eigenvalue weighted by Gasteiger charge is -2.06. The Bertz CT molecular complexity index is 303. The normalized spacial score (nSPS) is 9.81. The van der Waals surface area contributed by atoms with E-state index in [0.29, 0.717) is 31.9 Å². The van der Waals surface area contributed by atoms with Gasteiger partial charge in [-0.15, -0.1) is 0 Å².